The van der Waals surface area contributed by atoms with E-state index in [0.29, 0.717) is 18.7 Å². The Morgan fingerprint density at radius 1 is 1.04 bits per heavy atom. The maximum Gasteiger partial charge on any atom is 0.253 e. The predicted molar refractivity (Wildman–Crippen MR) is 92.7 cm³/mol. The minimum atomic E-state index is -0.320. The van der Waals surface area contributed by atoms with Crippen molar-refractivity contribution >= 4 is 5.91 Å². The topological polar surface area (TPSA) is 41.4 Å². The quantitative estimate of drug-likeness (QED) is 0.860. The average molecular weight is 342 g/mol. The third kappa shape index (κ3) is 3.44. The minimum absolute atomic E-state index is 0.0353. The van der Waals surface area contributed by atoms with Gasteiger partial charge < -0.3 is 9.47 Å². The number of halogens is 1. The molecule has 0 bridgehead atoms. The predicted octanol–water partition coefficient (Wildman–Crippen LogP) is 2.32. The van der Waals surface area contributed by atoms with Gasteiger partial charge in [0, 0.05) is 44.4 Å². The van der Waals surface area contributed by atoms with Gasteiger partial charge in [0.25, 0.3) is 5.91 Å². The zero-order valence-corrected chi connectivity index (χ0v) is 14.3. The monoisotopic (exact) mass is 342 g/mol. The van der Waals surface area contributed by atoms with Crippen molar-refractivity contribution in [1.29, 1.82) is 0 Å². The third-order valence-corrected chi connectivity index (χ3v) is 5.18. The molecule has 6 heteroatoms. The Bertz CT molecular complexity index is 749. The van der Waals surface area contributed by atoms with Crippen LogP contribution >= 0.6 is 0 Å². The Hall–Kier alpha value is -2.21. The number of aromatic nitrogens is 2. The first-order valence-electron chi connectivity index (χ1n) is 9.01. The van der Waals surface area contributed by atoms with Gasteiger partial charge in [-0.15, -0.1) is 0 Å². The summed E-state index contributed by atoms with van der Waals surface area (Å²) in [4.78, 5) is 21.6. The first kappa shape index (κ1) is 16.3. The molecule has 0 N–H and O–H groups in total. The molecular formula is C19H23FN4O. The Morgan fingerprint density at radius 3 is 2.56 bits per heavy atom. The van der Waals surface area contributed by atoms with Crippen LogP contribution in [0, 0.1) is 5.82 Å². The molecule has 1 saturated heterocycles. The van der Waals surface area contributed by atoms with Gasteiger partial charge in [-0.25, -0.2) is 9.37 Å². The van der Waals surface area contributed by atoms with Crippen LogP contribution in [-0.4, -0.2) is 51.4 Å². The molecular weight excluding hydrogens is 319 g/mol. The van der Waals surface area contributed by atoms with Gasteiger partial charge in [-0.2, -0.15) is 0 Å². The highest BCUT2D eigenvalue weighted by Gasteiger charge is 2.23. The van der Waals surface area contributed by atoms with Crippen LogP contribution < -0.4 is 0 Å². The second-order valence-electron chi connectivity index (χ2n) is 6.85. The molecule has 5 nitrogen and oxygen atoms in total. The molecule has 2 aliphatic heterocycles. The van der Waals surface area contributed by atoms with E-state index in [-0.39, 0.29) is 11.7 Å². The number of hydrogen-bond donors (Lipinski definition) is 0. The Labute approximate surface area is 147 Å². The van der Waals surface area contributed by atoms with Crippen LogP contribution in [0.15, 0.2) is 30.5 Å². The second-order valence-corrected chi connectivity index (χ2v) is 6.85. The molecule has 0 unspecified atom stereocenters. The highest BCUT2D eigenvalue weighted by atomic mass is 19.1. The number of likely N-dealkylation sites (tertiary alicyclic amines) is 1. The van der Waals surface area contributed by atoms with Gasteiger partial charge in [-0.1, -0.05) is 0 Å². The summed E-state index contributed by atoms with van der Waals surface area (Å²) in [7, 11) is 0. The Balaban J connectivity index is 1.45. The number of imidazole rings is 1. The molecule has 1 aromatic carbocycles. The van der Waals surface area contributed by atoms with Gasteiger partial charge in [0.15, 0.2) is 0 Å². The van der Waals surface area contributed by atoms with Crippen molar-refractivity contribution < 1.29 is 9.18 Å². The molecule has 0 spiro atoms. The molecule has 25 heavy (non-hydrogen) atoms. The summed E-state index contributed by atoms with van der Waals surface area (Å²) < 4.78 is 15.3. The maximum atomic E-state index is 13.1. The summed E-state index contributed by atoms with van der Waals surface area (Å²) in [6, 6.07) is 5.79. The van der Waals surface area contributed by atoms with Crippen LogP contribution in [0.4, 0.5) is 4.39 Å². The van der Waals surface area contributed by atoms with Gasteiger partial charge in [0.2, 0.25) is 0 Å². The normalized spacial score (nSPS) is 18.2. The maximum absolute atomic E-state index is 13.1. The lowest BCUT2D eigenvalue weighted by Gasteiger charge is -2.21. The fourth-order valence-electron chi connectivity index (χ4n) is 3.77. The largest absolute Gasteiger partial charge is 0.336 e. The van der Waals surface area contributed by atoms with Crippen molar-refractivity contribution in [3.63, 3.8) is 0 Å². The van der Waals surface area contributed by atoms with Gasteiger partial charge in [-0.05, 0) is 50.2 Å². The molecule has 132 valence electrons. The lowest BCUT2D eigenvalue weighted by molar-refractivity contribution is 0.0758. The van der Waals surface area contributed by atoms with E-state index in [4.69, 9.17) is 0 Å². The van der Waals surface area contributed by atoms with Crippen LogP contribution in [0.1, 0.15) is 34.7 Å². The summed E-state index contributed by atoms with van der Waals surface area (Å²) in [5.41, 5.74) is 1.78. The van der Waals surface area contributed by atoms with E-state index < -0.39 is 0 Å². The number of carbonyl (C=O) groups is 1. The third-order valence-electron chi connectivity index (χ3n) is 5.18. The zero-order valence-electron chi connectivity index (χ0n) is 14.3. The minimum Gasteiger partial charge on any atom is -0.336 e. The first-order chi connectivity index (χ1) is 12.2. The highest BCUT2D eigenvalue weighted by Crippen LogP contribution is 2.17. The van der Waals surface area contributed by atoms with Gasteiger partial charge in [0.05, 0.1) is 5.69 Å². The number of fused-ring (bicyclic) bond motifs is 1. The lowest BCUT2D eigenvalue weighted by atomic mass is 10.2. The van der Waals surface area contributed by atoms with E-state index >= 15 is 0 Å². The Kier molecular flexibility index (Phi) is 4.53. The number of rotatable bonds is 3. The molecule has 2 aromatic rings. The summed E-state index contributed by atoms with van der Waals surface area (Å²) in [5, 5.41) is 0. The van der Waals surface area contributed by atoms with Crippen molar-refractivity contribution in [2.75, 3.05) is 26.2 Å². The van der Waals surface area contributed by atoms with Crippen molar-refractivity contribution in [3.05, 3.63) is 53.4 Å². The SMILES string of the molecule is O=C(c1ccc(F)cc1)N1CCc2ncc(CN3CCCC3)n2CC1. The molecule has 1 aromatic heterocycles. The van der Waals surface area contributed by atoms with E-state index in [1.165, 1.54) is 30.7 Å². The van der Waals surface area contributed by atoms with Crippen LogP contribution in [0.3, 0.4) is 0 Å². The molecule has 1 amide bonds. The summed E-state index contributed by atoms with van der Waals surface area (Å²) >= 11 is 0. The van der Waals surface area contributed by atoms with Crippen molar-refractivity contribution in [2.24, 2.45) is 0 Å². The van der Waals surface area contributed by atoms with E-state index in [9.17, 15) is 9.18 Å². The molecule has 0 radical (unpaired) electrons. The second kappa shape index (κ2) is 6.96. The molecule has 1 fully saturated rings. The van der Waals surface area contributed by atoms with Crippen molar-refractivity contribution in [1.82, 2.24) is 19.4 Å². The van der Waals surface area contributed by atoms with Crippen molar-refractivity contribution in [2.45, 2.75) is 32.4 Å². The smallest absolute Gasteiger partial charge is 0.253 e. The average Bonchev–Trinajstić information content (AvgIpc) is 3.21. The molecule has 0 aliphatic carbocycles. The summed E-state index contributed by atoms with van der Waals surface area (Å²) in [6.07, 6.45) is 5.31. The zero-order chi connectivity index (χ0) is 17.2. The first-order valence-corrected chi connectivity index (χ1v) is 9.01. The molecule has 2 aliphatic rings. The van der Waals surface area contributed by atoms with E-state index in [1.54, 1.807) is 12.1 Å². The highest BCUT2D eigenvalue weighted by molar-refractivity contribution is 5.94. The van der Waals surface area contributed by atoms with Crippen LogP contribution in [0.25, 0.3) is 0 Å². The number of amides is 1. The lowest BCUT2D eigenvalue weighted by Crippen LogP contribution is -2.33. The fraction of sp³-hybridized carbons (Fsp3) is 0.474. The van der Waals surface area contributed by atoms with E-state index in [2.05, 4.69) is 14.5 Å². The number of carbonyl (C=O) groups excluding carboxylic acids is 1. The van der Waals surface area contributed by atoms with Crippen LogP contribution in [-0.2, 0) is 19.5 Å². The molecule has 0 atom stereocenters. The van der Waals surface area contributed by atoms with Crippen molar-refractivity contribution in [3.8, 4) is 0 Å². The van der Waals surface area contributed by atoms with Gasteiger partial charge in [-0.3, -0.25) is 9.69 Å². The van der Waals surface area contributed by atoms with E-state index in [1.807, 2.05) is 11.1 Å². The summed E-state index contributed by atoms with van der Waals surface area (Å²) in [5.74, 6) is 0.703. The van der Waals surface area contributed by atoms with Crippen LogP contribution in [0.2, 0.25) is 0 Å². The number of nitrogens with zero attached hydrogens (tertiary/aromatic N) is 4. The molecule has 4 rings (SSSR count). The summed E-state index contributed by atoms with van der Waals surface area (Å²) in [6.45, 7) is 5.35. The fourth-order valence-corrected chi connectivity index (χ4v) is 3.77. The molecule has 0 saturated carbocycles. The standard InChI is InChI=1S/C19H23FN4O/c20-16-5-3-15(4-6-16)19(25)23-10-7-18-21-13-17(24(18)12-11-23)14-22-8-1-2-9-22/h3-6,13H,1-2,7-12,14H2. The Morgan fingerprint density at radius 2 is 1.80 bits per heavy atom. The number of benzene rings is 1. The van der Waals surface area contributed by atoms with Crippen LogP contribution in [0.5, 0.6) is 0 Å². The van der Waals surface area contributed by atoms with E-state index in [0.717, 1.165) is 38.4 Å². The van der Waals surface area contributed by atoms with Gasteiger partial charge in [0.1, 0.15) is 11.6 Å². The van der Waals surface area contributed by atoms with Gasteiger partial charge >= 0.3 is 0 Å². The molecule has 3 heterocycles. The number of hydrogen-bond acceptors (Lipinski definition) is 3.